The number of hydrogen-bond acceptors (Lipinski definition) is 6. The Morgan fingerprint density at radius 2 is 1.90 bits per heavy atom. The summed E-state index contributed by atoms with van der Waals surface area (Å²) in [6, 6.07) is 12.7. The molecule has 1 aliphatic rings. The van der Waals surface area contributed by atoms with E-state index in [2.05, 4.69) is 15.5 Å². The summed E-state index contributed by atoms with van der Waals surface area (Å²) in [5.74, 6) is -0.251. The van der Waals surface area contributed by atoms with Crippen LogP contribution in [0.4, 0.5) is 4.79 Å². The van der Waals surface area contributed by atoms with Crippen LogP contribution in [0.5, 0.6) is 0 Å². The average molecular weight is 442 g/mol. The molecule has 1 aliphatic heterocycles. The summed E-state index contributed by atoms with van der Waals surface area (Å²) in [6.45, 7) is 1.40. The third-order valence-electron chi connectivity index (χ3n) is 4.79. The Balaban J connectivity index is 1.57. The highest BCUT2D eigenvalue weighted by atomic mass is 35.5. The molecule has 0 saturated carbocycles. The maximum absolute atomic E-state index is 13.0. The predicted molar refractivity (Wildman–Crippen MR) is 107 cm³/mol. The van der Waals surface area contributed by atoms with Gasteiger partial charge in [0, 0.05) is 5.02 Å². The first kappa shape index (κ1) is 19.9. The van der Waals surface area contributed by atoms with Crippen molar-refractivity contribution in [2.45, 2.75) is 19.0 Å². The van der Waals surface area contributed by atoms with E-state index < -0.39 is 17.5 Å². The molecule has 1 N–H and O–H groups in total. The molecule has 1 atom stereocenters. The third-order valence-corrected chi connectivity index (χ3v) is 5.34. The Hall–Kier alpha value is -3.41. The number of hydrogen-bond donors (Lipinski definition) is 1. The van der Waals surface area contributed by atoms with Gasteiger partial charge in [0.1, 0.15) is 12.1 Å². The fourth-order valence-corrected chi connectivity index (χ4v) is 3.63. The second-order valence-electron chi connectivity index (χ2n) is 6.76. The molecular formula is C20H13Cl2N5O3. The van der Waals surface area contributed by atoms with E-state index in [1.807, 2.05) is 6.07 Å². The topological polar surface area (TPSA) is 112 Å². The molecular weight excluding hydrogens is 429 g/mol. The molecule has 30 heavy (non-hydrogen) atoms. The van der Waals surface area contributed by atoms with Crippen molar-refractivity contribution in [1.29, 1.82) is 5.26 Å². The molecule has 0 spiro atoms. The van der Waals surface area contributed by atoms with E-state index in [1.54, 1.807) is 49.4 Å². The van der Waals surface area contributed by atoms with Gasteiger partial charge in [-0.3, -0.25) is 9.69 Å². The summed E-state index contributed by atoms with van der Waals surface area (Å²) >= 11 is 12.0. The first-order valence-corrected chi connectivity index (χ1v) is 9.50. The SMILES string of the molecule is CC1(c2ccc(C#N)cc2)NC(=O)N(Cc2nnc(-c3ccc(Cl)cc3Cl)o2)C1=O. The predicted octanol–water partition coefficient (Wildman–Crippen LogP) is 3.88. The van der Waals surface area contributed by atoms with Gasteiger partial charge in [0.2, 0.25) is 11.8 Å². The minimum Gasteiger partial charge on any atom is -0.419 e. The average Bonchev–Trinajstić information content (AvgIpc) is 3.27. The highest BCUT2D eigenvalue weighted by Crippen LogP contribution is 2.32. The maximum atomic E-state index is 13.0. The Morgan fingerprint density at radius 1 is 1.17 bits per heavy atom. The van der Waals surface area contributed by atoms with Crippen LogP contribution < -0.4 is 5.32 Å². The lowest BCUT2D eigenvalue weighted by Crippen LogP contribution is -2.40. The Labute approximate surface area is 181 Å². The second kappa shape index (κ2) is 7.44. The van der Waals surface area contributed by atoms with Crippen molar-refractivity contribution in [3.63, 3.8) is 0 Å². The minimum atomic E-state index is -1.27. The number of carbonyl (C=O) groups is 2. The molecule has 150 valence electrons. The Bertz CT molecular complexity index is 1200. The van der Waals surface area contributed by atoms with Gasteiger partial charge < -0.3 is 9.73 Å². The molecule has 1 fully saturated rings. The molecule has 10 heteroatoms. The normalized spacial score (nSPS) is 18.4. The number of imide groups is 1. The van der Waals surface area contributed by atoms with Crippen LogP contribution in [0.25, 0.3) is 11.5 Å². The van der Waals surface area contributed by atoms with E-state index in [0.29, 0.717) is 26.7 Å². The van der Waals surface area contributed by atoms with Crippen molar-refractivity contribution in [3.8, 4) is 17.5 Å². The van der Waals surface area contributed by atoms with Gasteiger partial charge in [0.25, 0.3) is 5.91 Å². The molecule has 8 nitrogen and oxygen atoms in total. The quantitative estimate of drug-likeness (QED) is 0.614. The van der Waals surface area contributed by atoms with Crippen molar-refractivity contribution < 1.29 is 14.0 Å². The van der Waals surface area contributed by atoms with E-state index in [-0.39, 0.29) is 18.3 Å². The number of amides is 3. The number of rotatable bonds is 4. The van der Waals surface area contributed by atoms with Crippen LogP contribution in [0, 0.1) is 11.3 Å². The lowest BCUT2D eigenvalue weighted by molar-refractivity contribution is -0.131. The lowest BCUT2D eigenvalue weighted by atomic mass is 9.91. The van der Waals surface area contributed by atoms with E-state index in [4.69, 9.17) is 32.9 Å². The molecule has 1 saturated heterocycles. The summed E-state index contributed by atoms with van der Waals surface area (Å²) < 4.78 is 5.59. The first-order chi connectivity index (χ1) is 14.3. The van der Waals surface area contributed by atoms with E-state index >= 15 is 0 Å². The van der Waals surface area contributed by atoms with Crippen LogP contribution in [0.2, 0.25) is 10.0 Å². The van der Waals surface area contributed by atoms with Crippen molar-refractivity contribution in [3.05, 3.63) is 69.5 Å². The van der Waals surface area contributed by atoms with Gasteiger partial charge in [-0.15, -0.1) is 10.2 Å². The summed E-state index contributed by atoms with van der Waals surface area (Å²) in [5, 5.41) is 20.3. The molecule has 1 unspecified atom stereocenters. The number of nitrogens with one attached hydrogen (secondary N) is 1. The molecule has 4 rings (SSSR count). The van der Waals surface area contributed by atoms with Crippen LogP contribution in [0.1, 0.15) is 23.9 Å². The summed E-state index contributed by atoms with van der Waals surface area (Å²) in [4.78, 5) is 26.5. The smallest absolute Gasteiger partial charge is 0.325 e. The summed E-state index contributed by atoms with van der Waals surface area (Å²) in [7, 11) is 0. The number of benzene rings is 2. The molecule has 0 aliphatic carbocycles. The van der Waals surface area contributed by atoms with Gasteiger partial charge in [-0.2, -0.15) is 5.26 Å². The molecule has 0 bridgehead atoms. The van der Waals surface area contributed by atoms with E-state index in [9.17, 15) is 9.59 Å². The van der Waals surface area contributed by atoms with E-state index in [1.165, 1.54) is 0 Å². The summed E-state index contributed by atoms with van der Waals surface area (Å²) in [5.41, 5.74) is 0.226. The highest BCUT2D eigenvalue weighted by molar-refractivity contribution is 6.36. The van der Waals surface area contributed by atoms with Crippen LogP contribution in [0.15, 0.2) is 46.9 Å². The first-order valence-electron chi connectivity index (χ1n) is 8.74. The van der Waals surface area contributed by atoms with Gasteiger partial charge in [-0.25, -0.2) is 4.79 Å². The maximum Gasteiger partial charge on any atom is 0.325 e. The van der Waals surface area contributed by atoms with Crippen LogP contribution in [-0.4, -0.2) is 27.0 Å². The number of nitrogens with zero attached hydrogens (tertiary/aromatic N) is 4. The fraction of sp³-hybridized carbons (Fsp3) is 0.150. The number of nitriles is 1. The standard InChI is InChI=1S/C20H13Cl2N5O3/c1-20(12-4-2-11(9-23)3-5-12)18(28)27(19(29)24-20)10-16-25-26-17(30-16)14-7-6-13(21)8-15(14)22/h2-8H,10H2,1H3,(H,24,29). The van der Waals surface area contributed by atoms with Gasteiger partial charge in [-0.1, -0.05) is 35.3 Å². The third kappa shape index (κ3) is 3.38. The molecule has 2 heterocycles. The molecule has 2 aromatic carbocycles. The van der Waals surface area contributed by atoms with E-state index in [0.717, 1.165) is 4.90 Å². The zero-order chi connectivity index (χ0) is 21.5. The van der Waals surface area contributed by atoms with Crippen molar-refractivity contribution >= 4 is 35.1 Å². The molecule has 3 amide bonds. The van der Waals surface area contributed by atoms with Crippen molar-refractivity contribution in [2.24, 2.45) is 0 Å². The van der Waals surface area contributed by atoms with Crippen LogP contribution in [0.3, 0.4) is 0 Å². The van der Waals surface area contributed by atoms with Gasteiger partial charge in [-0.05, 0) is 42.8 Å². The minimum absolute atomic E-state index is 0.0728. The molecule has 1 aromatic heterocycles. The van der Waals surface area contributed by atoms with Gasteiger partial charge in [0.15, 0.2) is 0 Å². The zero-order valence-corrected chi connectivity index (χ0v) is 17.0. The zero-order valence-electron chi connectivity index (χ0n) is 15.5. The lowest BCUT2D eigenvalue weighted by Gasteiger charge is -2.22. The van der Waals surface area contributed by atoms with Gasteiger partial charge >= 0.3 is 6.03 Å². The number of carbonyl (C=O) groups excluding carboxylic acids is 2. The Kier molecular flexibility index (Phi) is 4.94. The number of aromatic nitrogens is 2. The molecule has 0 radical (unpaired) electrons. The molecule has 3 aromatic rings. The largest absolute Gasteiger partial charge is 0.419 e. The highest BCUT2D eigenvalue weighted by Gasteiger charge is 2.49. The second-order valence-corrected chi connectivity index (χ2v) is 7.60. The van der Waals surface area contributed by atoms with Crippen molar-refractivity contribution in [2.75, 3.05) is 0 Å². The number of urea groups is 1. The summed E-state index contributed by atoms with van der Waals surface area (Å²) in [6.07, 6.45) is 0. The van der Waals surface area contributed by atoms with Crippen LogP contribution >= 0.6 is 23.2 Å². The fourth-order valence-electron chi connectivity index (χ4n) is 3.14. The Morgan fingerprint density at radius 3 is 2.57 bits per heavy atom. The van der Waals surface area contributed by atoms with Crippen molar-refractivity contribution in [1.82, 2.24) is 20.4 Å². The van der Waals surface area contributed by atoms with Gasteiger partial charge in [0.05, 0.1) is 22.2 Å². The monoisotopic (exact) mass is 441 g/mol. The number of halogens is 2. The van der Waals surface area contributed by atoms with Crippen LogP contribution in [-0.2, 0) is 16.9 Å².